The maximum absolute atomic E-state index is 12.6. The van der Waals surface area contributed by atoms with E-state index in [9.17, 15) is 4.79 Å². The topological polar surface area (TPSA) is 29.1 Å². The summed E-state index contributed by atoms with van der Waals surface area (Å²) in [4.78, 5) is 12.6. The first-order valence-corrected chi connectivity index (χ1v) is 8.32. The van der Waals surface area contributed by atoms with Crippen molar-refractivity contribution in [3.63, 3.8) is 0 Å². The van der Waals surface area contributed by atoms with Crippen LogP contribution < -0.4 is 5.32 Å². The minimum Gasteiger partial charge on any atom is -0.325 e. The summed E-state index contributed by atoms with van der Waals surface area (Å²) in [6, 6.07) is 13.3. The number of amides is 1. The molecule has 2 aromatic carbocycles. The highest BCUT2D eigenvalue weighted by Crippen LogP contribution is 2.45. The van der Waals surface area contributed by atoms with Crippen LogP contribution in [0, 0.1) is 0 Å². The number of fused-ring (bicyclic) bond motifs is 1. The second-order valence-corrected chi connectivity index (χ2v) is 6.60. The molecule has 0 spiro atoms. The van der Waals surface area contributed by atoms with Crippen molar-refractivity contribution in [2.75, 3.05) is 5.32 Å². The number of benzene rings is 2. The van der Waals surface area contributed by atoms with Gasteiger partial charge in [0.1, 0.15) is 0 Å². The van der Waals surface area contributed by atoms with Crippen molar-refractivity contribution in [2.24, 2.45) is 0 Å². The Morgan fingerprint density at radius 2 is 1.96 bits per heavy atom. The van der Waals surface area contributed by atoms with Gasteiger partial charge in [-0.2, -0.15) is 0 Å². The summed E-state index contributed by atoms with van der Waals surface area (Å²) >= 11 is 12.2. The van der Waals surface area contributed by atoms with Gasteiger partial charge >= 0.3 is 0 Å². The molecule has 1 amide bonds. The molecule has 0 fully saturated rings. The fourth-order valence-electron chi connectivity index (χ4n) is 3.22. The van der Waals surface area contributed by atoms with Gasteiger partial charge in [-0.25, -0.2) is 0 Å². The minimum absolute atomic E-state index is 0.0105. The Hall–Kier alpha value is -1.77. The third kappa shape index (κ3) is 3.29. The van der Waals surface area contributed by atoms with E-state index in [1.807, 2.05) is 42.5 Å². The molecule has 0 aromatic heterocycles. The van der Waals surface area contributed by atoms with Crippen LogP contribution in [-0.4, -0.2) is 5.91 Å². The smallest absolute Gasteiger partial charge is 0.232 e. The Balaban J connectivity index is 2.03. The highest BCUT2D eigenvalue weighted by molar-refractivity contribution is 6.31. The lowest BCUT2D eigenvalue weighted by molar-refractivity contribution is -0.117. The van der Waals surface area contributed by atoms with Crippen LogP contribution in [0.1, 0.15) is 35.8 Å². The summed E-state index contributed by atoms with van der Waals surface area (Å²) < 4.78 is 0. The molecule has 0 unspecified atom stereocenters. The fraction of sp³-hybridized carbons (Fsp3) is 0.211. The van der Waals surface area contributed by atoms with E-state index in [2.05, 4.69) is 11.9 Å². The molecule has 4 heteroatoms. The van der Waals surface area contributed by atoms with Gasteiger partial charge in [-0.05, 0) is 54.2 Å². The molecule has 1 aliphatic heterocycles. The second kappa shape index (κ2) is 6.77. The van der Waals surface area contributed by atoms with Crippen LogP contribution in [-0.2, 0) is 4.79 Å². The fourth-order valence-corrected chi connectivity index (χ4v) is 3.59. The Bertz CT molecular complexity index is 757. The van der Waals surface area contributed by atoms with Crippen molar-refractivity contribution in [1.82, 2.24) is 0 Å². The number of hydrogen-bond donors (Lipinski definition) is 1. The van der Waals surface area contributed by atoms with Crippen molar-refractivity contribution in [3.8, 4) is 0 Å². The van der Waals surface area contributed by atoms with Gasteiger partial charge < -0.3 is 5.32 Å². The lowest BCUT2D eigenvalue weighted by Crippen LogP contribution is -2.19. The number of anilines is 1. The van der Waals surface area contributed by atoms with E-state index >= 15 is 0 Å². The Morgan fingerprint density at radius 3 is 2.70 bits per heavy atom. The Labute approximate surface area is 146 Å². The number of carbonyl (C=O) groups is 1. The van der Waals surface area contributed by atoms with Crippen molar-refractivity contribution in [1.29, 1.82) is 0 Å². The summed E-state index contributed by atoms with van der Waals surface area (Å²) in [5, 5.41) is 4.25. The highest BCUT2D eigenvalue weighted by atomic mass is 35.5. The first-order valence-electron chi connectivity index (χ1n) is 7.57. The molecule has 0 aliphatic carbocycles. The van der Waals surface area contributed by atoms with Crippen LogP contribution in [0.15, 0.2) is 55.1 Å². The molecule has 1 aliphatic rings. The van der Waals surface area contributed by atoms with E-state index in [0.29, 0.717) is 10.0 Å². The molecule has 0 bridgehead atoms. The maximum atomic E-state index is 12.6. The molecule has 2 nitrogen and oxygen atoms in total. The van der Waals surface area contributed by atoms with Crippen LogP contribution in [0.3, 0.4) is 0 Å². The van der Waals surface area contributed by atoms with Gasteiger partial charge in [-0.3, -0.25) is 4.79 Å². The molecule has 2 atom stereocenters. The van der Waals surface area contributed by atoms with Gasteiger partial charge in [0.2, 0.25) is 5.91 Å². The zero-order valence-corrected chi connectivity index (χ0v) is 14.1. The third-order valence-electron chi connectivity index (χ3n) is 4.25. The lowest BCUT2D eigenvalue weighted by Gasteiger charge is -2.23. The summed E-state index contributed by atoms with van der Waals surface area (Å²) in [6.45, 7) is 3.80. The van der Waals surface area contributed by atoms with Gasteiger partial charge in [0, 0.05) is 15.7 Å². The summed E-state index contributed by atoms with van der Waals surface area (Å²) in [5.74, 6) is -0.175. The van der Waals surface area contributed by atoms with E-state index < -0.39 is 0 Å². The van der Waals surface area contributed by atoms with Crippen LogP contribution in [0.4, 0.5) is 5.69 Å². The van der Waals surface area contributed by atoms with Crippen LogP contribution in [0.5, 0.6) is 0 Å². The van der Waals surface area contributed by atoms with Gasteiger partial charge in [0.05, 0.1) is 5.92 Å². The number of nitrogens with one attached hydrogen (secondary N) is 1. The standard InChI is InChI=1S/C19H17Cl2NO/c1-2-3-7-15(12-5-4-6-13(20)10-12)18-16-9-8-14(21)11-17(16)22-19(18)23/h2,4-6,8-11,15,18H,1,3,7H2,(H,22,23)/t15-,18-/m0/s1. The Kier molecular flexibility index (Phi) is 4.74. The van der Waals surface area contributed by atoms with E-state index in [4.69, 9.17) is 23.2 Å². The molecule has 2 aromatic rings. The highest BCUT2D eigenvalue weighted by Gasteiger charge is 2.37. The van der Waals surface area contributed by atoms with Gasteiger partial charge in [0.15, 0.2) is 0 Å². The van der Waals surface area contributed by atoms with Crippen molar-refractivity contribution < 1.29 is 4.79 Å². The predicted molar refractivity (Wildman–Crippen MR) is 96.4 cm³/mol. The lowest BCUT2D eigenvalue weighted by atomic mass is 9.79. The van der Waals surface area contributed by atoms with E-state index in [0.717, 1.165) is 29.7 Å². The molecule has 1 heterocycles. The van der Waals surface area contributed by atoms with Crippen LogP contribution in [0.25, 0.3) is 0 Å². The molecule has 3 rings (SSSR count). The van der Waals surface area contributed by atoms with Crippen molar-refractivity contribution in [3.05, 3.63) is 76.3 Å². The van der Waals surface area contributed by atoms with Gasteiger partial charge in [0.25, 0.3) is 0 Å². The molecule has 23 heavy (non-hydrogen) atoms. The van der Waals surface area contributed by atoms with Crippen LogP contribution in [0.2, 0.25) is 10.0 Å². The summed E-state index contributed by atoms with van der Waals surface area (Å²) in [6.07, 6.45) is 3.56. The van der Waals surface area contributed by atoms with E-state index in [-0.39, 0.29) is 17.7 Å². The van der Waals surface area contributed by atoms with Crippen molar-refractivity contribution in [2.45, 2.75) is 24.7 Å². The summed E-state index contributed by atoms with van der Waals surface area (Å²) in [5.41, 5.74) is 2.87. The van der Waals surface area contributed by atoms with Crippen molar-refractivity contribution >= 4 is 34.8 Å². The molecule has 0 saturated heterocycles. The number of rotatable bonds is 5. The maximum Gasteiger partial charge on any atom is 0.232 e. The first kappa shape index (κ1) is 16.1. The normalized spacial score (nSPS) is 17.5. The second-order valence-electron chi connectivity index (χ2n) is 5.73. The molecule has 0 radical (unpaired) electrons. The number of hydrogen-bond acceptors (Lipinski definition) is 1. The average molecular weight is 346 g/mol. The van der Waals surface area contributed by atoms with Crippen LogP contribution >= 0.6 is 23.2 Å². The molecule has 1 N–H and O–H groups in total. The number of halogens is 2. The van der Waals surface area contributed by atoms with E-state index in [1.54, 1.807) is 6.07 Å². The van der Waals surface area contributed by atoms with Gasteiger partial charge in [-0.15, -0.1) is 6.58 Å². The number of allylic oxidation sites excluding steroid dienone is 1. The predicted octanol–water partition coefficient (Wildman–Crippen LogP) is 5.78. The zero-order chi connectivity index (χ0) is 16.4. The molecular formula is C19H17Cl2NO. The minimum atomic E-state index is -0.235. The number of carbonyl (C=O) groups excluding carboxylic acids is 1. The summed E-state index contributed by atoms with van der Waals surface area (Å²) in [7, 11) is 0. The van der Waals surface area contributed by atoms with Gasteiger partial charge in [-0.1, -0.05) is 47.5 Å². The monoisotopic (exact) mass is 345 g/mol. The third-order valence-corrected chi connectivity index (χ3v) is 4.72. The SMILES string of the molecule is C=CCC[C@@H](c1cccc(Cl)c1)[C@@H]1C(=O)Nc2cc(Cl)ccc21. The van der Waals surface area contributed by atoms with E-state index in [1.165, 1.54) is 0 Å². The molecular weight excluding hydrogens is 329 g/mol. The zero-order valence-electron chi connectivity index (χ0n) is 12.6. The molecule has 0 saturated carbocycles. The Morgan fingerprint density at radius 1 is 1.17 bits per heavy atom. The molecule has 118 valence electrons. The quantitative estimate of drug-likeness (QED) is 0.683. The first-order chi connectivity index (χ1) is 11.1. The largest absolute Gasteiger partial charge is 0.325 e. The average Bonchev–Trinajstić information content (AvgIpc) is 2.83.